The Labute approximate surface area is 102 Å². The summed E-state index contributed by atoms with van der Waals surface area (Å²) in [6, 6.07) is 7.91. The van der Waals surface area contributed by atoms with E-state index < -0.39 is 0 Å². The lowest BCUT2D eigenvalue weighted by Crippen LogP contribution is -2.38. The Balaban J connectivity index is 1.90. The third kappa shape index (κ3) is 3.51. The van der Waals surface area contributed by atoms with E-state index in [4.69, 9.17) is 5.73 Å². The fraction of sp³-hybridized carbons (Fsp3) is 0.571. The van der Waals surface area contributed by atoms with Crippen LogP contribution in [0.5, 0.6) is 0 Å². The lowest BCUT2D eigenvalue weighted by Gasteiger charge is -2.29. The quantitative estimate of drug-likeness (QED) is 0.847. The van der Waals surface area contributed by atoms with Gasteiger partial charge in [-0.2, -0.15) is 0 Å². The molecule has 0 saturated heterocycles. The van der Waals surface area contributed by atoms with E-state index in [1.165, 1.54) is 6.07 Å². The second-order valence-electron chi connectivity index (χ2n) is 5.06. The van der Waals surface area contributed by atoms with Gasteiger partial charge in [0.1, 0.15) is 5.82 Å². The SMILES string of the molecule is C[C@@H](NC1CCC(N)CC1)c1cccc(F)c1. The van der Waals surface area contributed by atoms with Crippen LogP contribution in [0.1, 0.15) is 44.2 Å². The van der Waals surface area contributed by atoms with Gasteiger partial charge >= 0.3 is 0 Å². The normalized spacial score (nSPS) is 26.8. The Bertz CT molecular complexity index is 359. The average Bonchev–Trinajstić information content (AvgIpc) is 2.32. The molecule has 0 heterocycles. The molecule has 1 aromatic rings. The van der Waals surface area contributed by atoms with Crippen molar-refractivity contribution in [2.24, 2.45) is 5.73 Å². The van der Waals surface area contributed by atoms with E-state index in [1.807, 2.05) is 6.07 Å². The smallest absolute Gasteiger partial charge is 0.123 e. The van der Waals surface area contributed by atoms with Crippen LogP contribution in [0.15, 0.2) is 24.3 Å². The molecular formula is C14H21FN2. The molecule has 0 aliphatic heterocycles. The zero-order valence-corrected chi connectivity index (χ0v) is 10.3. The highest BCUT2D eigenvalue weighted by Gasteiger charge is 2.20. The van der Waals surface area contributed by atoms with Gasteiger partial charge in [0.2, 0.25) is 0 Å². The van der Waals surface area contributed by atoms with Crippen LogP contribution >= 0.6 is 0 Å². The van der Waals surface area contributed by atoms with E-state index in [1.54, 1.807) is 12.1 Å². The van der Waals surface area contributed by atoms with Crippen molar-refractivity contribution in [3.8, 4) is 0 Å². The Morgan fingerprint density at radius 1 is 1.29 bits per heavy atom. The Morgan fingerprint density at radius 3 is 2.65 bits per heavy atom. The van der Waals surface area contributed by atoms with Crippen LogP contribution in [0.3, 0.4) is 0 Å². The molecule has 1 saturated carbocycles. The summed E-state index contributed by atoms with van der Waals surface area (Å²) in [4.78, 5) is 0. The first-order valence-corrected chi connectivity index (χ1v) is 6.42. The van der Waals surface area contributed by atoms with Crippen molar-refractivity contribution in [3.05, 3.63) is 35.6 Å². The van der Waals surface area contributed by atoms with Gasteiger partial charge in [-0.1, -0.05) is 12.1 Å². The maximum absolute atomic E-state index is 13.1. The summed E-state index contributed by atoms with van der Waals surface area (Å²) in [5.41, 5.74) is 6.90. The maximum Gasteiger partial charge on any atom is 0.123 e. The summed E-state index contributed by atoms with van der Waals surface area (Å²) >= 11 is 0. The first-order valence-electron chi connectivity index (χ1n) is 6.42. The summed E-state index contributed by atoms with van der Waals surface area (Å²) in [5.74, 6) is -0.165. The van der Waals surface area contributed by atoms with Crippen LogP contribution in [0.4, 0.5) is 4.39 Å². The number of hydrogen-bond acceptors (Lipinski definition) is 2. The molecule has 94 valence electrons. The summed E-state index contributed by atoms with van der Waals surface area (Å²) < 4.78 is 13.1. The highest BCUT2D eigenvalue weighted by molar-refractivity contribution is 5.19. The molecule has 1 aliphatic carbocycles. The molecule has 3 N–H and O–H groups in total. The lowest BCUT2D eigenvalue weighted by atomic mass is 9.91. The van der Waals surface area contributed by atoms with Crippen molar-refractivity contribution < 1.29 is 4.39 Å². The van der Waals surface area contributed by atoms with Gasteiger partial charge in [0.05, 0.1) is 0 Å². The Kier molecular flexibility index (Phi) is 4.13. The monoisotopic (exact) mass is 236 g/mol. The molecule has 0 spiro atoms. The van der Waals surface area contributed by atoms with Gasteiger partial charge < -0.3 is 11.1 Å². The third-order valence-corrected chi connectivity index (χ3v) is 3.61. The second-order valence-corrected chi connectivity index (χ2v) is 5.06. The minimum Gasteiger partial charge on any atom is -0.328 e. The summed E-state index contributed by atoms with van der Waals surface area (Å²) in [6.07, 6.45) is 4.43. The molecule has 0 radical (unpaired) electrons. The zero-order chi connectivity index (χ0) is 12.3. The molecule has 1 atom stereocenters. The molecule has 0 unspecified atom stereocenters. The molecule has 3 heteroatoms. The molecular weight excluding hydrogens is 215 g/mol. The molecule has 0 bridgehead atoms. The summed E-state index contributed by atoms with van der Waals surface area (Å²) in [6.45, 7) is 2.09. The molecule has 0 amide bonds. The van der Waals surface area contributed by atoms with Crippen LogP contribution in [0, 0.1) is 5.82 Å². The molecule has 2 nitrogen and oxygen atoms in total. The van der Waals surface area contributed by atoms with E-state index in [2.05, 4.69) is 12.2 Å². The van der Waals surface area contributed by atoms with Crippen LogP contribution < -0.4 is 11.1 Å². The standard InChI is InChI=1S/C14H21FN2/c1-10(11-3-2-4-12(15)9-11)17-14-7-5-13(16)6-8-14/h2-4,9-10,13-14,17H,5-8,16H2,1H3/t10-,13?,14?/m1/s1. The minimum absolute atomic E-state index is 0.165. The van der Waals surface area contributed by atoms with Crippen molar-refractivity contribution in [1.29, 1.82) is 0 Å². The highest BCUT2D eigenvalue weighted by Crippen LogP contribution is 2.21. The maximum atomic E-state index is 13.1. The van der Waals surface area contributed by atoms with Crippen LogP contribution in [-0.4, -0.2) is 12.1 Å². The highest BCUT2D eigenvalue weighted by atomic mass is 19.1. The fourth-order valence-electron chi connectivity index (χ4n) is 2.51. The van der Waals surface area contributed by atoms with Gasteiger partial charge in [-0.25, -0.2) is 4.39 Å². The number of rotatable bonds is 3. The van der Waals surface area contributed by atoms with E-state index in [0.717, 1.165) is 31.2 Å². The van der Waals surface area contributed by atoms with Crippen molar-refractivity contribution in [2.75, 3.05) is 0 Å². The van der Waals surface area contributed by atoms with Gasteiger partial charge in [0, 0.05) is 18.1 Å². The second kappa shape index (κ2) is 5.61. The van der Waals surface area contributed by atoms with Crippen molar-refractivity contribution in [2.45, 2.75) is 50.7 Å². The van der Waals surface area contributed by atoms with E-state index in [0.29, 0.717) is 12.1 Å². The third-order valence-electron chi connectivity index (χ3n) is 3.61. The predicted molar refractivity (Wildman–Crippen MR) is 68.2 cm³/mol. The van der Waals surface area contributed by atoms with Gasteiger partial charge in [0.15, 0.2) is 0 Å². The topological polar surface area (TPSA) is 38.0 Å². The van der Waals surface area contributed by atoms with Crippen LogP contribution in [0.25, 0.3) is 0 Å². The minimum atomic E-state index is -0.165. The van der Waals surface area contributed by atoms with Gasteiger partial charge in [-0.05, 0) is 50.3 Å². The van der Waals surface area contributed by atoms with Gasteiger partial charge in [-0.3, -0.25) is 0 Å². The number of hydrogen-bond donors (Lipinski definition) is 2. The van der Waals surface area contributed by atoms with Crippen molar-refractivity contribution in [1.82, 2.24) is 5.32 Å². The number of nitrogens with two attached hydrogens (primary N) is 1. The molecule has 2 rings (SSSR count). The first-order chi connectivity index (χ1) is 8.15. The molecule has 17 heavy (non-hydrogen) atoms. The Hall–Kier alpha value is -0.930. The van der Waals surface area contributed by atoms with Gasteiger partial charge in [0.25, 0.3) is 0 Å². The molecule has 1 fully saturated rings. The first kappa shape index (κ1) is 12.5. The number of halogens is 1. The van der Waals surface area contributed by atoms with E-state index in [-0.39, 0.29) is 11.9 Å². The molecule has 0 aromatic heterocycles. The number of benzene rings is 1. The zero-order valence-electron chi connectivity index (χ0n) is 10.3. The largest absolute Gasteiger partial charge is 0.328 e. The van der Waals surface area contributed by atoms with Crippen LogP contribution in [0.2, 0.25) is 0 Å². The summed E-state index contributed by atoms with van der Waals surface area (Å²) in [5, 5.41) is 3.56. The average molecular weight is 236 g/mol. The lowest BCUT2D eigenvalue weighted by molar-refractivity contribution is 0.322. The van der Waals surface area contributed by atoms with Crippen molar-refractivity contribution in [3.63, 3.8) is 0 Å². The number of nitrogens with one attached hydrogen (secondary N) is 1. The molecule has 1 aliphatic rings. The van der Waals surface area contributed by atoms with Crippen LogP contribution in [-0.2, 0) is 0 Å². The van der Waals surface area contributed by atoms with Gasteiger partial charge in [-0.15, -0.1) is 0 Å². The molecule has 1 aromatic carbocycles. The Morgan fingerprint density at radius 2 is 2.00 bits per heavy atom. The predicted octanol–water partition coefficient (Wildman–Crippen LogP) is 2.75. The summed E-state index contributed by atoms with van der Waals surface area (Å²) in [7, 11) is 0. The van der Waals surface area contributed by atoms with E-state index in [9.17, 15) is 4.39 Å². The fourth-order valence-corrected chi connectivity index (χ4v) is 2.51. The van der Waals surface area contributed by atoms with Crippen molar-refractivity contribution >= 4 is 0 Å². The van der Waals surface area contributed by atoms with E-state index >= 15 is 0 Å².